The van der Waals surface area contributed by atoms with Gasteiger partial charge in [0.25, 0.3) is 0 Å². The van der Waals surface area contributed by atoms with Crippen molar-refractivity contribution in [2.75, 3.05) is 0 Å². The van der Waals surface area contributed by atoms with Gasteiger partial charge in [-0.05, 0) is 24.5 Å². The molecule has 0 aliphatic heterocycles. The van der Waals surface area contributed by atoms with Gasteiger partial charge in [0.15, 0.2) is 0 Å². The Morgan fingerprint density at radius 3 is 2.67 bits per heavy atom. The zero-order valence-electron chi connectivity index (χ0n) is 8.72. The Hall–Kier alpha value is -1.89. The average Bonchev–Trinajstić information content (AvgIpc) is 2.30. The van der Waals surface area contributed by atoms with Crippen LogP contribution in [0, 0.1) is 0 Å². The second-order valence-electron chi connectivity index (χ2n) is 3.30. The van der Waals surface area contributed by atoms with Crippen LogP contribution in [0.15, 0.2) is 59.6 Å². The second-order valence-corrected chi connectivity index (χ2v) is 3.30. The SMILES string of the molecule is CC=CC=Nc1cccc2ccccc12. The number of aliphatic imine (C=N–C) groups is 1. The Morgan fingerprint density at radius 2 is 1.80 bits per heavy atom. The Bertz CT molecular complexity index is 504. The molecule has 15 heavy (non-hydrogen) atoms. The van der Waals surface area contributed by atoms with E-state index in [1.165, 1.54) is 10.8 Å². The van der Waals surface area contributed by atoms with Gasteiger partial charge in [0.05, 0.1) is 5.69 Å². The molecule has 2 aromatic carbocycles. The predicted molar refractivity (Wildman–Crippen MR) is 66.9 cm³/mol. The van der Waals surface area contributed by atoms with Gasteiger partial charge in [-0.1, -0.05) is 42.5 Å². The highest BCUT2D eigenvalue weighted by Gasteiger charge is 1.95. The third kappa shape index (κ3) is 2.13. The largest absolute Gasteiger partial charge is 0.256 e. The molecular weight excluding hydrogens is 182 g/mol. The van der Waals surface area contributed by atoms with Gasteiger partial charge in [0.1, 0.15) is 0 Å². The molecule has 0 radical (unpaired) electrons. The van der Waals surface area contributed by atoms with Gasteiger partial charge in [-0.25, -0.2) is 0 Å². The molecule has 0 saturated carbocycles. The van der Waals surface area contributed by atoms with Crippen LogP contribution in [0.1, 0.15) is 6.92 Å². The van der Waals surface area contributed by atoms with E-state index in [1.54, 1.807) is 0 Å². The van der Waals surface area contributed by atoms with Crippen LogP contribution in [-0.2, 0) is 0 Å². The van der Waals surface area contributed by atoms with Gasteiger partial charge >= 0.3 is 0 Å². The van der Waals surface area contributed by atoms with Crippen molar-refractivity contribution in [2.45, 2.75) is 6.92 Å². The van der Waals surface area contributed by atoms with E-state index in [0.29, 0.717) is 0 Å². The highest BCUT2D eigenvalue weighted by molar-refractivity contribution is 5.94. The molecule has 1 heteroatoms. The summed E-state index contributed by atoms with van der Waals surface area (Å²) in [5.41, 5.74) is 1.02. The monoisotopic (exact) mass is 195 g/mol. The van der Waals surface area contributed by atoms with Gasteiger partial charge in [-0.3, -0.25) is 4.99 Å². The molecule has 2 aromatic rings. The number of benzene rings is 2. The average molecular weight is 195 g/mol. The summed E-state index contributed by atoms with van der Waals surface area (Å²) in [6, 6.07) is 14.4. The van der Waals surface area contributed by atoms with Crippen molar-refractivity contribution >= 4 is 22.7 Å². The zero-order chi connectivity index (χ0) is 10.5. The van der Waals surface area contributed by atoms with Crippen LogP contribution >= 0.6 is 0 Å². The van der Waals surface area contributed by atoms with Crippen molar-refractivity contribution in [1.82, 2.24) is 0 Å². The maximum Gasteiger partial charge on any atom is 0.0707 e. The number of hydrogen-bond donors (Lipinski definition) is 0. The summed E-state index contributed by atoms with van der Waals surface area (Å²) in [5, 5.41) is 2.42. The number of fused-ring (bicyclic) bond motifs is 1. The van der Waals surface area contributed by atoms with Crippen molar-refractivity contribution in [3.8, 4) is 0 Å². The minimum absolute atomic E-state index is 1.02. The third-order valence-corrected chi connectivity index (χ3v) is 2.26. The van der Waals surface area contributed by atoms with Crippen LogP contribution in [0.5, 0.6) is 0 Å². The number of rotatable bonds is 2. The Labute approximate surface area is 89.8 Å². The summed E-state index contributed by atoms with van der Waals surface area (Å²) >= 11 is 0. The molecule has 0 aromatic heterocycles. The second kappa shape index (κ2) is 4.56. The fourth-order valence-electron chi connectivity index (χ4n) is 1.53. The first-order valence-electron chi connectivity index (χ1n) is 5.05. The van der Waals surface area contributed by atoms with Gasteiger partial charge < -0.3 is 0 Å². The third-order valence-electron chi connectivity index (χ3n) is 2.26. The Balaban J connectivity index is 2.51. The van der Waals surface area contributed by atoms with Crippen molar-refractivity contribution < 1.29 is 0 Å². The molecular formula is C14H13N. The van der Waals surface area contributed by atoms with E-state index in [1.807, 2.05) is 49.6 Å². The van der Waals surface area contributed by atoms with Crippen LogP contribution in [0.2, 0.25) is 0 Å². The molecule has 0 unspecified atom stereocenters. The fraction of sp³-hybridized carbons (Fsp3) is 0.0714. The minimum atomic E-state index is 1.02. The predicted octanol–water partition coefficient (Wildman–Crippen LogP) is 4.12. The van der Waals surface area contributed by atoms with E-state index in [-0.39, 0.29) is 0 Å². The summed E-state index contributed by atoms with van der Waals surface area (Å²) in [6.45, 7) is 1.98. The van der Waals surface area contributed by atoms with Crippen molar-refractivity contribution in [2.24, 2.45) is 4.99 Å². The summed E-state index contributed by atoms with van der Waals surface area (Å²) < 4.78 is 0. The zero-order valence-corrected chi connectivity index (χ0v) is 8.72. The van der Waals surface area contributed by atoms with Crippen molar-refractivity contribution in [1.29, 1.82) is 0 Å². The molecule has 0 heterocycles. The summed E-state index contributed by atoms with van der Waals surface area (Å²) in [4.78, 5) is 4.41. The van der Waals surface area contributed by atoms with Crippen LogP contribution < -0.4 is 0 Å². The van der Waals surface area contributed by atoms with Gasteiger partial charge in [-0.2, -0.15) is 0 Å². The number of hydrogen-bond acceptors (Lipinski definition) is 1. The lowest BCUT2D eigenvalue weighted by molar-refractivity contribution is 1.58. The summed E-state index contributed by atoms with van der Waals surface area (Å²) in [6.07, 6.45) is 5.72. The first kappa shape index (κ1) is 9.66. The van der Waals surface area contributed by atoms with E-state index in [0.717, 1.165) is 5.69 Å². The van der Waals surface area contributed by atoms with E-state index < -0.39 is 0 Å². The molecule has 0 amide bonds. The van der Waals surface area contributed by atoms with Crippen LogP contribution in [-0.4, -0.2) is 6.21 Å². The molecule has 0 aliphatic rings. The first-order valence-corrected chi connectivity index (χ1v) is 5.05. The van der Waals surface area contributed by atoms with Gasteiger partial charge in [0, 0.05) is 11.6 Å². The Kier molecular flexibility index (Phi) is 2.93. The topological polar surface area (TPSA) is 12.4 Å². The van der Waals surface area contributed by atoms with Gasteiger partial charge in [0.2, 0.25) is 0 Å². The minimum Gasteiger partial charge on any atom is -0.256 e. The quantitative estimate of drug-likeness (QED) is 0.639. The molecule has 0 atom stereocenters. The first-order chi connectivity index (χ1) is 7.42. The molecule has 0 fully saturated rings. The maximum absolute atomic E-state index is 4.41. The lowest BCUT2D eigenvalue weighted by atomic mass is 10.1. The summed E-state index contributed by atoms with van der Waals surface area (Å²) in [5.74, 6) is 0. The molecule has 2 rings (SSSR count). The number of allylic oxidation sites excluding steroid dienone is 2. The van der Waals surface area contributed by atoms with E-state index in [9.17, 15) is 0 Å². The van der Waals surface area contributed by atoms with Gasteiger partial charge in [-0.15, -0.1) is 0 Å². The lowest BCUT2D eigenvalue weighted by Gasteiger charge is -2.00. The molecule has 0 bridgehead atoms. The molecule has 0 saturated heterocycles. The highest BCUT2D eigenvalue weighted by atomic mass is 14.7. The van der Waals surface area contributed by atoms with Crippen LogP contribution in [0.25, 0.3) is 10.8 Å². The van der Waals surface area contributed by atoms with E-state index in [4.69, 9.17) is 0 Å². The maximum atomic E-state index is 4.41. The van der Waals surface area contributed by atoms with E-state index >= 15 is 0 Å². The molecule has 74 valence electrons. The molecule has 0 spiro atoms. The molecule has 1 nitrogen and oxygen atoms in total. The Morgan fingerprint density at radius 1 is 1.00 bits per heavy atom. The van der Waals surface area contributed by atoms with Crippen LogP contribution in [0.4, 0.5) is 5.69 Å². The van der Waals surface area contributed by atoms with E-state index in [2.05, 4.69) is 23.2 Å². The standard InChI is InChI=1S/C14H13N/c1-2-3-11-15-14-10-6-8-12-7-4-5-9-13(12)14/h2-11H,1H3. The summed E-state index contributed by atoms with van der Waals surface area (Å²) in [7, 11) is 0. The molecule has 0 N–H and O–H groups in total. The smallest absolute Gasteiger partial charge is 0.0707 e. The lowest BCUT2D eigenvalue weighted by Crippen LogP contribution is -1.73. The fourth-order valence-corrected chi connectivity index (χ4v) is 1.53. The van der Waals surface area contributed by atoms with Crippen molar-refractivity contribution in [3.05, 3.63) is 54.6 Å². The normalized spacial score (nSPS) is 11.8. The highest BCUT2D eigenvalue weighted by Crippen LogP contribution is 2.24. The molecule has 0 aliphatic carbocycles. The van der Waals surface area contributed by atoms with Crippen molar-refractivity contribution in [3.63, 3.8) is 0 Å². The number of nitrogens with zero attached hydrogens (tertiary/aromatic N) is 1. The van der Waals surface area contributed by atoms with Crippen LogP contribution in [0.3, 0.4) is 0 Å².